The molecule has 1 saturated heterocycles. The van der Waals surface area contributed by atoms with Gasteiger partial charge in [0.25, 0.3) is 0 Å². The summed E-state index contributed by atoms with van der Waals surface area (Å²) in [6.45, 7) is 5.65. The van der Waals surface area contributed by atoms with Crippen molar-refractivity contribution in [3.05, 3.63) is 17.0 Å². The van der Waals surface area contributed by atoms with Gasteiger partial charge in [0, 0.05) is 12.1 Å². The van der Waals surface area contributed by atoms with Gasteiger partial charge in [0.1, 0.15) is 12.0 Å². The fourth-order valence-corrected chi connectivity index (χ4v) is 2.30. The first-order valence-corrected chi connectivity index (χ1v) is 5.83. The lowest BCUT2D eigenvalue weighted by molar-refractivity contribution is -0.113. The van der Waals surface area contributed by atoms with Crippen molar-refractivity contribution in [3.63, 3.8) is 0 Å². The van der Waals surface area contributed by atoms with Crippen molar-refractivity contribution in [2.24, 2.45) is 0 Å². The summed E-state index contributed by atoms with van der Waals surface area (Å²) in [6, 6.07) is 0.0717. The zero-order valence-corrected chi connectivity index (χ0v) is 9.90. The van der Waals surface area contributed by atoms with E-state index in [1.165, 1.54) is 6.42 Å². The quantitative estimate of drug-likeness (QED) is 0.732. The standard InChI is InChI=1S/C12H18N2O2/c1-9-12(10(2)16-13-9)7-14-6-4-3-5-11(14)8-15/h8,11H,3-7H2,1-2H3. The van der Waals surface area contributed by atoms with Crippen molar-refractivity contribution in [2.45, 2.75) is 45.7 Å². The Bertz CT molecular complexity index is 354. The molecule has 2 rings (SSSR count). The molecular formula is C12H18N2O2. The van der Waals surface area contributed by atoms with E-state index in [9.17, 15) is 4.79 Å². The number of aryl methyl sites for hydroxylation is 2. The van der Waals surface area contributed by atoms with Crippen LogP contribution in [0.15, 0.2) is 4.52 Å². The molecule has 1 atom stereocenters. The van der Waals surface area contributed by atoms with E-state index < -0.39 is 0 Å². The first kappa shape index (κ1) is 11.3. The molecule has 0 N–H and O–H groups in total. The molecule has 0 aliphatic carbocycles. The van der Waals surface area contributed by atoms with E-state index in [0.717, 1.165) is 49.2 Å². The van der Waals surface area contributed by atoms with Gasteiger partial charge in [0.05, 0.1) is 11.7 Å². The third-order valence-electron chi connectivity index (χ3n) is 3.36. The van der Waals surface area contributed by atoms with Gasteiger partial charge in [-0.2, -0.15) is 0 Å². The van der Waals surface area contributed by atoms with Gasteiger partial charge in [0.2, 0.25) is 0 Å². The van der Waals surface area contributed by atoms with Crippen LogP contribution in [0.3, 0.4) is 0 Å². The molecule has 1 aromatic heterocycles. The number of rotatable bonds is 3. The van der Waals surface area contributed by atoms with Gasteiger partial charge < -0.3 is 9.32 Å². The molecule has 16 heavy (non-hydrogen) atoms. The van der Waals surface area contributed by atoms with Crippen LogP contribution < -0.4 is 0 Å². The highest BCUT2D eigenvalue weighted by Crippen LogP contribution is 2.21. The molecule has 0 radical (unpaired) electrons. The van der Waals surface area contributed by atoms with E-state index in [2.05, 4.69) is 10.1 Å². The first-order valence-electron chi connectivity index (χ1n) is 5.83. The molecule has 4 heteroatoms. The molecule has 1 unspecified atom stereocenters. The number of aromatic nitrogens is 1. The molecule has 1 aliphatic rings. The number of carbonyl (C=O) groups is 1. The number of aldehydes is 1. The molecule has 2 heterocycles. The summed E-state index contributed by atoms with van der Waals surface area (Å²) in [5, 5.41) is 3.94. The summed E-state index contributed by atoms with van der Waals surface area (Å²) in [5.74, 6) is 0.868. The summed E-state index contributed by atoms with van der Waals surface area (Å²) in [6.07, 6.45) is 4.37. The maximum absolute atomic E-state index is 11.0. The average Bonchev–Trinajstić information content (AvgIpc) is 2.61. The van der Waals surface area contributed by atoms with Crippen molar-refractivity contribution < 1.29 is 9.32 Å². The monoisotopic (exact) mass is 222 g/mol. The van der Waals surface area contributed by atoms with E-state index in [4.69, 9.17) is 4.52 Å². The van der Waals surface area contributed by atoms with Crippen LogP contribution in [-0.2, 0) is 11.3 Å². The minimum atomic E-state index is 0.0717. The van der Waals surface area contributed by atoms with Gasteiger partial charge in [-0.3, -0.25) is 4.90 Å². The molecule has 1 aromatic rings. The van der Waals surface area contributed by atoms with Crippen LogP contribution >= 0.6 is 0 Å². The highest BCUT2D eigenvalue weighted by molar-refractivity contribution is 5.57. The molecule has 0 spiro atoms. The number of carbonyl (C=O) groups excluding carboxylic acids is 1. The largest absolute Gasteiger partial charge is 0.361 e. The fraction of sp³-hybridized carbons (Fsp3) is 0.667. The van der Waals surface area contributed by atoms with E-state index in [0.29, 0.717) is 0 Å². The second-order valence-corrected chi connectivity index (χ2v) is 4.47. The van der Waals surface area contributed by atoms with Gasteiger partial charge in [-0.25, -0.2) is 0 Å². The van der Waals surface area contributed by atoms with E-state index >= 15 is 0 Å². The Kier molecular flexibility index (Phi) is 3.39. The predicted molar refractivity (Wildman–Crippen MR) is 60.1 cm³/mol. The Morgan fingerprint density at radius 2 is 2.31 bits per heavy atom. The Balaban J connectivity index is 2.10. The third-order valence-corrected chi connectivity index (χ3v) is 3.36. The molecule has 0 amide bonds. The zero-order chi connectivity index (χ0) is 11.5. The number of hydrogen-bond acceptors (Lipinski definition) is 4. The SMILES string of the molecule is Cc1noc(C)c1CN1CCCCC1C=O. The molecule has 0 aromatic carbocycles. The summed E-state index contributed by atoms with van der Waals surface area (Å²) < 4.78 is 5.14. The van der Waals surface area contributed by atoms with Crippen molar-refractivity contribution in [2.75, 3.05) is 6.54 Å². The number of nitrogens with zero attached hydrogens (tertiary/aromatic N) is 2. The minimum Gasteiger partial charge on any atom is -0.361 e. The Morgan fingerprint density at radius 1 is 1.50 bits per heavy atom. The fourth-order valence-electron chi connectivity index (χ4n) is 2.30. The lowest BCUT2D eigenvalue weighted by Crippen LogP contribution is -2.40. The second kappa shape index (κ2) is 4.78. The lowest BCUT2D eigenvalue weighted by Gasteiger charge is -2.31. The van der Waals surface area contributed by atoms with Crippen LogP contribution in [0, 0.1) is 13.8 Å². The maximum atomic E-state index is 11.0. The van der Waals surface area contributed by atoms with Gasteiger partial charge >= 0.3 is 0 Å². The first-order chi connectivity index (χ1) is 7.72. The van der Waals surface area contributed by atoms with Crippen LogP contribution in [0.4, 0.5) is 0 Å². The summed E-state index contributed by atoms with van der Waals surface area (Å²) in [4.78, 5) is 13.2. The van der Waals surface area contributed by atoms with Crippen molar-refractivity contribution >= 4 is 6.29 Å². The van der Waals surface area contributed by atoms with Gasteiger partial charge in [0.15, 0.2) is 0 Å². The minimum absolute atomic E-state index is 0.0717. The topological polar surface area (TPSA) is 46.3 Å². The van der Waals surface area contributed by atoms with Crippen LogP contribution in [-0.4, -0.2) is 28.9 Å². The van der Waals surface area contributed by atoms with E-state index in [1.54, 1.807) is 0 Å². The van der Waals surface area contributed by atoms with Crippen LogP contribution in [0.2, 0.25) is 0 Å². The molecule has 1 aliphatic heterocycles. The zero-order valence-electron chi connectivity index (χ0n) is 9.90. The predicted octanol–water partition coefficient (Wildman–Crippen LogP) is 1.84. The molecule has 0 saturated carbocycles. The Hall–Kier alpha value is -1.16. The van der Waals surface area contributed by atoms with Crippen molar-refractivity contribution in [1.29, 1.82) is 0 Å². The highest BCUT2D eigenvalue weighted by Gasteiger charge is 2.23. The summed E-state index contributed by atoms with van der Waals surface area (Å²) in [7, 11) is 0. The third kappa shape index (κ3) is 2.16. The molecule has 88 valence electrons. The smallest absolute Gasteiger partial charge is 0.138 e. The van der Waals surface area contributed by atoms with Gasteiger partial charge in [-0.15, -0.1) is 0 Å². The number of hydrogen-bond donors (Lipinski definition) is 0. The number of likely N-dealkylation sites (tertiary alicyclic amines) is 1. The van der Waals surface area contributed by atoms with Crippen LogP contribution in [0.5, 0.6) is 0 Å². The lowest BCUT2D eigenvalue weighted by atomic mass is 10.0. The number of piperidine rings is 1. The van der Waals surface area contributed by atoms with Gasteiger partial charge in [-0.1, -0.05) is 11.6 Å². The second-order valence-electron chi connectivity index (χ2n) is 4.47. The van der Waals surface area contributed by atoms with Crippen LogP contribution in [0.25, 0.3) is 0 Å². The molecular weight excluding hydrogens is 204 g/mol. The molecule has 0 bridgehead atoms. The maximum Gasteiger partial charge on any atom is 0.138 e. The van der Waals surface area contributed by atoms with Crippen molar-refractivity contribution in [1.82, 2.24) is 10.1 Å². The van der Waals surface area contributed by atoms with Crippen molar-refractivity contribution in [3.8, 4) is 0 Å². The van der Waals surface area contributed by atoms with E-state index in [1.807, 2.05) is 13.8 Å². The Labute approximate surface area is 95.6 Å². The van der Waals surface area contributed by atoms with Crippen LogP contribution in [0.1, 0.15) is 36.3 Å². The molecule has 1 fully saturated rings. The molecule has 4 nitrogen and oxygen atoms in total. The summed E-state index contributed by atoms with van der Waals surface area (Å²) >= 11 is 0. The average molecular weight is 222 g/mol. The van der Waals surface area contributed by atoms with E-state index in [-0.39, 0.29) is 6.04 Å². The Morgan fingerprint density at radius 3 is 2.94 bits per heavy atom. The summed E-state index contributed by atoms with van der Waals surface area (Å²) in [5.41, 5.74) is 2.07. The highest BCUT2D eigenvalue weighted by atomic mass is 16.5. The van der Waals surface area contributed by atoms with Gasteiger partial charge in [-0.05, 0) is 33.2 Å². The normalized spacial score (nSPS) is 22.2.